The van der Waals surface area contributed by atoms with Gasteiger partial charge in [-0.15, -0.1) is 0 Å². The summed E-state index contributed by atoms with van der Waals surface area (Å²) in [7, 11) is 0. The summed E-state index contributed by atoms with van der Waals surface area (Å²) in [5.41, 5.74) is 1.92. The maximum Gasteiger partial charge on any atom is 0.235 e. The summed E-state index contributed by atoms with van der Waals surface area (Å²) in [5.74, 6) is -0.368. The van der Waals surface area contributed by atoms with Crippen LogP contribution in [0.5, 0.6) is 0 Å². The zero-order valence-electron chi connectivity index (χ0n) is 13.4. The van der Waals surface area contributed by atoms with Gasteiger partial charge in [0.2, 0.25) is 5.91 Å². The fraction of sp³-hybridized carbons (Fsp3) is 0.316. The van der Waals surface area contributed by atoms with Crippen LogP contribution >= 0.6 is 15.9 Å². The molecule has 0 bridgehead atoms. The molecular formula is C19H19BrFNO2. The molecule has 24 heavy (non-hydrogen) atoms. The molecule has 0 spiro atoms. The second-order valence-corrected chi connectivity index (χ2v) is 7.03. The lowest BCUT2D eigenvalue weighted by molar-refractivity contribution is -0.125. The maximum absolute atomic E-state index is 13.3. The normalized spacial score (nSPS) is 16.6. The first-order valence-corrected chi connectivity index (χ1v) is 8.72. The lowest BCUT2D eigenvalue weighted by Gasteiger charge is -2.36. The SMILES string of the molecule is Cc1cc(Br)ccc1NC(=O)C1(c2ccc(F)cc2)CCOCC1. The topological polar surface area (TPSA) is 38.3 Å². The second kappa shape index (κ2) is 7.03. The summed E-state index contributed by atoms with van der Waals surface area (Å²) in [5, 5.41) is 3.05. The van der Waals surface area contributed by atoms with Gasteiger partial charge in [0, 0.05) is 23.4 Å². The highest BCUT2D eigenvalue weighted by atomic mass is 79.9. The van der Waals surface area contributed by atoms with E-state index in [0.29, 0.717) is 26.1 Å². The monoisotopic (exact) mass is 391 g/mol. The summed E-state index contributed by atoms with van der Waals surface area (Å²) >= 11 is 3.43. The van der Waals surface area contributed by atoms with E-state index in [9.17, 15) is 9.18 Å². The fourth-order valence-electron chi connectivity index (χ4n) is 3.14. The Kier molecular flexibility index (Phi) is 5.01. The highest BCUT2D eigenvalue weighted by Crippen LogP contribution is 2.36. The first-order chi connectivity index (χ1) is 11.5. The minimum absolute atomic E-state index is 0.0668. The number of ether oxygens (including phenoxy) is 1. The minimum Gasteiger partial charge on any atom is -0.381 e. The van der Waals surface area contributed by atoms with Gasteiger partial charge in [-0.1, -0.05) is 28.1 Å². The van der Waals surface area contributed by atoms with Gasteiger partial charge >= 0.3 is 0 Å². The van der Waals surface area contributed by atoms with Gasteiger partial charge in [-0.25, -0.2) is 4.39 Å². The number of aryl methyl sites for hydroxylation is 1. The molecule has 0 aromatic heterocycles. The molecule has 5 heteroatoms. The van der Waals surface area contributed by atoms with Crippen molar-refractivity contribution < 1.29 is 13.9 Å². The second-order valence-electron chi connectivity index (χ2n) is 6.11. The van der Waals surface area contributed by atoms with Crippen LogP contribution < -0.4 is 5.32 Å². The zero-order valence-corrected chi connectivity index (χ0v) is 15.0. The van der Waals surface area contributed by atoms with Crippen molar-refractivity contribution in [1.29, 1.82) is 0 Å². The predicted molar refractivity (Wildman–Crippen MR) is 95.6 cm³/mol. The minimum atomic E-state index is -0.689. The average Bonchev–Trinajstić information content (AvgIpc) is 2.58. The summed E-state index contributed by atoms with van der Waals surface area (Å²) in [4.78, 5) is 13.1. The molecule has 1 saturated heterocycles. The fourth-order valence-corrected chi connectivity index (χ4v) is 3.62. The number of carbonyl (C=O) groups is 1. The number of amides is 1. The third-order valence-electron chi connectivity index (χ3n) is 4.61. The van der Waals surface area contributed by atoms with Crippen LogP contribution in [0, 0.1) is 12.7 Å². The Morgan fingerprint density at radius 2 is 1.83 bits per heavy atom. The van der Waals surface area contributed by atoms with E-state index in [0.717, 1.165) is 21.3 Å². The molecule has 0 unspecified atom stereocenters. The highest BCUT2D eigenvalue weighted by molar-refractivity contribution is 9.10. The lowest BCUT2D eigenvalue weighted by atomic mass is 9.73. The third-order valence-corrected chi connectivity index (χ3v) is 5.11. The molecule has 1 aliphatic rings. The molecule has 1 aliphatic heterocycles. The molecule has 1 N–H and O–H groups in total. The van der Waals surface area contributed by atoms with Gasteiger partial charge < -0.3 is 10.1 Å². The molecule has 1 fully saturated rings. The van der Waals surface area contributed by atoms with Crippen LogP contribution in [0.1, 0.15) is 24.0 Å². The van der Waals surface area contributed by atoms with Crippen molar-refractivity contribution in [2.75, 3.05) is 18.5 Å². The number of anilines is 1. The standard InChI is InChI=1S/C19H19BrFNO2/c1-13-12-15(20)4-7-17(13)22-18(23)19(8-10-24-11-9-19)14-2-5-16(21)6-3-14/h2-7,12H,8-11H2,1H3,(H,22,23). The van der Waals surface area contributed by atoms with E-state index in [1.165, 1.54) is 12.1 Å². The lowest BCUT2D eigenvalue weighted by Crippen LogP contribution is -2.45. The number of hydrogen-bond donors (Lipinski definition) is 1. The van der Waals surface area contributed by atoms with Crippen LogP contribution in [0.4, 0.5) is 10.1 Å². The summed E-state index contributed by atoms with van der Waals surface area (Å²) < 4.78 is 19.7. The number of benzene rings is 2. The molecule has 1 heterocycles. The first kappa shape index (κ1) is 17.1. The average molecular weight is 392 g/mol. The Hall–Kier alpha value is -1.72. The Labute approximate surface area is 149 Å². The van der Waals surface area contributed by atoms with Crippen LogP contribution in [-0.4, -0.2) is 19.1 Å². The van der Waals surface area contributed by atoms with E-state index in [2.05, 4.69) is 21.2 Å². The van der Waals surface area contributed by atoms with Crippen molar-refractivity contribution in [3.05, 3.63) is 63.9 Å². The Morgan fingerprint density at radius 1 is 1.17 bits per heavy atom. The molecular weight excluding hydrogens is 373 g/mol. The summed E-state index contributed by atoms with van der Waals surface area (Å²) in [6.07, 6.45) is 1.17. The van der Waals surface area contributed by atoms with Crippen LogP contribution in [-0.2, 0) is 14.9 Å². The van der Waals surface area contributed by atoms with Crippen molar-refractivity contribution in [3.63, 3.8) is 0 Å². The van der Waals surface area contributed by atoms with Gasteiger partial charge in [-0.2, -0.15) is 0 Å². The molecule has 0 saturated carbocycles. The first-order valence-electron chi connectivity index (χ1n) is 7.93. The number of carbonyl (C=O) groups excluding carboxylic acids is 1. The highest BCUT2D eigenvalue weighted by Gasteiger charge is 2.41. The summed E-state index contributed by atoms with van der Waals surface area (Å²) in [6.45, 7) is 2.99. The molecule has 0 aliphatic carbocycles. The van der Waals surface area contributed by atoms with Gasteiger partial charge in [0.05, 0.1) is 5.41 Å². The molecule has 2 aromatic rings. The van der Waals surface area contributed by atoms with E-state index < -0.39 is 5.41 Å². The number of nitrogens with one attached hydrogen (secondary N) is 1. The van der Waals surface area contributed by atoms with E-state index in [4.69, 9.17) is 4.74 Å². The van der Waals surface area contributed by atoms with E-state index in [-0.39, 0.29) is 11.7 Å². The smallest absolute Gasteiger partial charge is 0.235 e. The van der Waals surface area contributed by atoms with Crippen LogP contribution in [0.2, 0.25) is 0 Å². The largest absolute Gasteiger partial charge is 0.381 e. The molecule has 0 radical (unpaired) electrons. The Morgan fingerprint density at radius 3 is 2.46 bits per heavy atom. The predicted octanol–water partition coefficient (Wildman–Crippen LogP) is 4.58. The number of halogens is 2. The Balaban J connectivity index is 1.93. The molecule has 0 atom stereocenters. The van der Waals surface area contributed by atoms with E-state index in [1.807, 2.05) is 25.1 Å². The Bertz CT molecular complexity index is 740. The van der Waals surface area contributed by atoms with Crippen molar-refractivity contribution in [2.45, 2.75) is 25.2 Å². The number of rotatable bonds is 3. The maximum atomic E-state index is 13.3. The third kappa shape index (κ3) is 3.37. The van der Waals surface area contributed by atoms with Crippen LogP contribution in [0.25, 0.3) is 0 Å². The van der Waals surface area contributed by atoms with Gasteiger partial charge in [0.15, 0.2) is 0 Å². The summed E-state index contributed by atoms with van der Waals surface area (Å²) in [6, 6.07) is 12.0. The van der Waals surface area contributed by atoms with Crippen molar-refractivity contribution in [3.8, 4) is 0 Å². The van der Waals surface area contributed by atoms with Crippen molar-refractivity contribution in [2.24, 2.45) is 0 Å². The van der Waals surface area contributed by atoms with Crippen LogP contribution in [0.15, 0.2) is 46.9 Å². The van der Waals surface area contributed by atoms with Gasteiger partial charge in [-0.05, 0) is 61.2 Å². The van der Waals surface area contributed by atoms with Crippen molar-refractivity contribution in [1.82, 2.24) is 0 Å². The molecule has 3 nitrogen and oxygen atoms in total. The van der Waals surface area contributed by atoms with Crippen LogP contribution in [0.3, 0.4) is 0 Å². The quantitative estimate of drug-likeness (QED) is 0.830. The van der Waals surface area contributed by atoms with Gasteiger partial charge in [0.25, 0.3) is 0 Å². The molecule has 3 rings (SSSR count). The van der Waals surface area contributed by atoms with Gasteiger partial charge in [0.1, 0.15) is 5.82 Å². The number of hydrogen-bond acceptors (Lipinski definition) is 2. The van der Waals surface area contributed by atoms with Crippen molar-refractivity contribution >= 4 is 27.5 Å². The molecule has 2 aromatic carbocycles. The van der Waals surface area contributed by atoms with E-state index in [1.54, 1.807) is 12.1 Å². The molecule has 126 valence electrons. The zero-order chi connectivity index (χ0) is 17.2. The van der Waals surface area contributed by atoms with E-state index >= 15 is 0 Å². The molecule has 1 amide bonds. The van der Waals surface area contributed by atoms with Gasteiger partial charge in [-0.3, -0.25) is 4.79 Å².